The normalized spacial score (nSPS) is 18.6. The van der Waals surface area contributed by atoms with Crippen LogP contribution in [-0.4, -0.2) is 49.5 Å². The lowest BCUT2D eigenvalue weighted by molar-refractivity contribution is 0.0255. The van der Waals surface area contributed by atoms with Crippen molar-refractivity contribution in [3.63, 3.8) is 0 Å². The summed E-state index contributed by atoms with van der Waals surface area (Å²) >= 11 is 0. The van der Waals surface area contributed by atoms with Crippen molar-refractivity contribution in [1.29, 1.82) is 0 Å². The van der Waals surface area contributed by atoms with Gasteiger partial charge in [0.05, 0.1) is 19.4 Å². The fraction of sp³-hybridized carbons (Fsp3) is 0.526. The minimum absolute atomic E-state index is 0.122. The average molecular weight is 394 g/mol. The molecule has 0 radical (unpaired) electrons. The number of pyridine rings is 1. The smallest absolute Gasteiger partial charge is 0.245 e. The predicted octanol–water partition coefficient (Wildman–Crippen LogP) is 3.06. The van der Waals surface area contributed by atoms with E-state index < -0.39 is 10.0 Å². The minimum Gasteiger partial charge on any atom is -0.467 e. The van der Waals surface area contributed by atoms with Crippen LogP contribution in [0.3, 0.4) is 0 Å². The Morgan fingerprint density at radius 1 is 1.19 bits per heavy atom. The molecule has 8 heteroatoms. The van der Waals surface area contributed by atoms with Gasteiger partial charge in [-0.2, -0.15) is 4.31 Å². The van der Waals surface area contributed by atoms with Crippen LogP contribution < -0.4 is 4.90 Å². The molecule has 1 fully saturated rings. The molecule has 0 N–H and O–H groups in total. The maximum Gasteiger partial charge on any atom is 0.245 e. The van der Waals surface area contributed by atoms with Crippen molar-refractivity contribution in [3.8, 4) is 0 Å². The zero-order valence-electron chi connectivity index (χ0n) is 16.2. The third kappa shape index (κ3) is 4.17. The van der Waals surface area contributed by atoms with Crippen molar-refractivity contribution in [1.82, 2.24) is 9.29 Å². The summed E-state index contributed by atoms with van der Waals surface area (Å²) in [7, 11) is -3.58. The number of sulfonamides is 1. The van der Waals surface area contributed by atoms with E-state index in [0.29, 0.717) is 19.7 Å². The number of furan rings is 1. The van der Waals surface area contributed by atoms with Gasteiger partial charge in [0.15, 0.2) is 0 Å². The van der Waals surface area contributed by atoms with Gasteiger partial charge in [-0.1, -0.05) is 0 Å². The van der Waals surface area contributed by atoms with E-state index in [1.165, 1.54) is 10.5 Å². The van der Waals surface area contributed by atoms with Gasteiger partial charge < -0.3 is 14.1 Å². The van der Waals surface area contributed by atoms with Crippen LogP contribution in [0.25, 0.3) is 0 Å². The lowest BCUT2D eigenvalue weighted by Gasteiger charge is -2.33. The molecule has 27 heavy (non-hydrogen) atoms. The van der Waals surface area contributed by atoms with Gasteiger partial charge in [-0.25, -0.2) is 13.4 Å². The minimum atomic E-state index is -3.58. The summed E-state index contributed by atoms with van der Waals surface area (Å²) in [6.45, 7) is 9.37. The van der Waals surface area contributed by atoms with E-state index in [1.807, 2.05) is 39.8 Å². The molecule has 1 saturated heterocycles. The van der Waals surface area contributed by atoms with Crippen LogP contribution in [-0.2, 0) is 14.8 Å². The average Bonchev–Trinajstić information content (AvgIpc) is 3.16. The maximum atomic E-state index is 13.0. The Bertz CT molecular complexity index is 824. The van der Waals surface area contributed by atoms with Crippen molar-refractivity contribution in [3.05, 3.63) is 42.5 Å². The second-order valence-electron chi connectivity index (χ2n) is 7.20. The van der Waals surface area contributed by atoms with E-state index in [-0.39, 0.29) is 23.1 Å². The van der Waals surface area contributed by atoms with E-state index >= 15 is 0 Å². The molecular weight excluding hydrogens is 366 g/mol. The Balaban J connectivity index is 1.79. The third-order valence-electron chi connectivity index (χ3n) is 4.57. The van der Waals surface area contributed by atoms with Crippen LogP contribution in [0.4, 0.5) is 5.82 Å². The zero-order chi connectivity index (χ0) is 19.6. The molecule has 0 spiro atoms. The first-order valence-electron chi connectivity index (χ1n) is 9.20. The number of morpholine rings is 1. The van der Waals surface area contributed by atoms with Crippen molar-refractivity contribution < 1.29 is 17.6 Å². The van der Waals surface area contributed by atoms with Gasteiger partial charge in [0, 0.05) is 24.8 Å². The molecule has 148 valence electrons. The summed E-state index contributed by atoms with van der Waals surface area (Å²) in [6, 6.07) is 6.88. The second kappa shape index (κ2) is 8.00. The lowest BCUT2D eigenvalue weighted by Crippen LogP contribution is -2.42. The highest BCUT2D eigenvalue weighted by atomic mass is 32.2. The first-order chi connectivity index (χ1) is 12.8. The molecule has 0 bridgehead atoms. The molecule has 2 aromatic heterocycles. The third-order valence-corrected chi connectivity index (χ3v) is 6.80. The van der Waals surface area contributed by atoms with E-state index in [4.69, 9.17) is 9.15 Å². The molecule has 3 rings (SSSR count). The number of hydrogen-bond acceptors (Lipinski definition) is 6. The first kappa shape index (κ1) is 19.9. The van der Waals surface area contributed by atoms with E-state index in [9.17, 15) is 8.42 Å². The molecule has 1 unspecified atom stereocenters. The molecule has 0 aliphatic carbocycles. The topological polar surface area (TPSA) is 75.9 Å². The van der Waals surface area contributed by atoms with Crippen molar-refractivity contribution >= 4 is 15.8 Å². The standard InChI is InChI=1S/C19H27N3O4S/c1-14(2)22(15(3)4)27(23,24)16-7-8-19(20-12-16)21-9-11-26-18(13-21)17-6-5-10-25-17/h5-8,10,12,14-15,18H,9,11,13H2,1-4H3. The summed E-state index contributed by atoms with van der Waals surface area (Å²) in [4.78, 5) is 6.71. The summed E-state index contributed by atoms with van der Waals surface area (Å²) in [5.41, 5.74) is 0. The van der Waals surface area contributed by atoms with Gasteiger partial charge in [0.1, 0.15) is 22.6 Å². The number of nitrogens with zero attached hydrogens (tertiary/aromatic N) is 3. The monoisotopic (exact) mass is 393 g/mol. The highest BCUT2D eigenvalue weighted by molar-refractivity contribution is 7.89. The SMILES string of the molecule is CC(C)N(C(C)C)S(=O)(=O)c1ccc(N2CCOC(c3ccco3)C2)nc1. The lowest BCUT2D eigenvalue weighted by atomic mass is 10.2. The molecule has 1 aliphatic rings. The van der Waals surface area contributed by atoms with Crippen LogP contribution in [0.2, 0.25) is 0 Å². The number of ether oxygens (including phenoxy) is 1. The molecule has 1 atom stereocenters. The van der Waals surface area contributed by atoms with Gasteiger partial charge in [-0.05, 0) is 52.0 Å². The Morgan fingerprint density at radius 2 is 1.93 bits per heavy atom. The van der Waals surface area contributed by atoms with Gasteiger partial charge in [0.25, 0.3) is 0 Å². The molecule has 0 saturated carbocycles. The highest BCUT2D eigenvalue weighted by Gasteiger charge is 2.30. The predicted molar refractivity (Wildman–Crippen MR) is 103 cm³/mol. The van der Waals surface area contributed by atoms with Crippen molar-refractivity contribution in [2.75, 3.05) is 24.6 Å². The molecule has 0 amide bonds. The van der Waals surface area contributed by atoms with Crippen LogP contribution in [0.15, 0.2) is 46.0 Å². The summed E-state index contributed by atoms with van der Waals surface area (Å²) in [6.07, 6.45) is 2.92. The van der Waals surface area contributed by atoms with E-state index in [1.54, 1.807) is 18.4 Å². The van der Waals surface area contributed by atoms with E-state index in [2.05, 4.69) is 9.88 Å². The van der Waals surface area contributed by atoms with Gasteiger partial charge in [-0.15, -0.1) is 0 Å². The Morgan fingerprint density at radius 3 is 2.48 bits per heavy atom. The largest absolute Gasteiger partial charge is 0.467 e. The molecular formula is C19H27N3O4S. The highest BCUT2D eigenvalue weighted by Crippen LogP contribution is 2.27. The van der Waals surface area contributed by atoms with Gasteiger partial charge in [0.2, 0.25) is 10.0 Å². The maximum absolute atomic E-state index is 13.0. The number of anilines is 1. The summed E-state index contributed by atoms with van der Waals surface area (Å²) in [5, 5.41) is 0. The van der Waals surface area contributed by atoms with Gasteiger partial charge >= 0.3 is 0 Å². The molecule has 3 heterocycles. The van der Waals surface area contributed by atoms with Crippen molar-refractivity contribution in [2.24, 2.45) is 0 Å². The Hall–Kier alpha value is -1.90. The fourth-order valence-corrected chi connectivity index (χ4v) is 5.27. The van der Waals surface area contributed by atoms with Crippen LogP contribution in [0.5, 0.6) is 0 Å². The van der Waals surface area contributed by atoms with Crippen LogP contribution >= 0.6 is 0 Å². The molecule has 1 aliphatic heterocycles. The number of aromatic nitrogens is 1. The number of rotatable bonds is 6. The Labute approximate surface area is 161 Å². The van der Waals surface area contributed by atoms with E-state index in [0.717, 1.165) is 11.6 Å². The fourth-order valence-electron chi connectivity index (χ4n) is 3.49. The summed E-state index contributed by atoms with van der Waals surface area (Å²) < 4.78 is 38.6. The molecule has 0 aromatic carbocycles. The van der Waals surface area contributed by atoms with Gasteiger partial charge in [-0.3, -0.25) is 0 Å². The molecule has 2 aromatic rings. The first-order valence-corrected chi connectivity index (χ1v) is 10.6. The second-order valence-corrected chi connectivity index (χ2v) is 9.04. The summed E-state index contributed by atoms with van der Waals surface area (Å²) in [5.74, 6) is 1.51. The zero-order valence-corrected chi connectivity index (χ0v) is 17.0. The number of hydrogen-bond donors (Lipinski definition) is 0. The Kier molecular flexibility index (Phi) is 5.88. The van der Waals surface area contributed by atoms with Crippen LogP contribution in [0.1, 0.15) is 39.6 Å². The quantitative estimate of drug-likeness (QED) is 0.751. The van der Waals surface area contributed by atoms with Crippen molar-refractivity contribution in [2.45, 2.75) is 50.8 Å². The van der Waals surface area contributed by atoms with Crippen LogP contribution in [0, 0.1) is 0 Å². The molecule has 7 nitrogen and oxygen atoms in total.